The summed E-state index contributed by atoms with van der Waals surface area (Å²) in [7, 11) is 0. The predicted octanol–water partition coefficient (Wildman–Crippen LogP) is 40.8. The van der Waals surface area contributed by atoms with Crippen LogP contribution < -0.4 is 52.1 Å². The maximum atomic E-state index is 9.97. The van der Waals surface area contributed by atoms with Crippen molar-refractivity contribution in [2.24, 2.45) is 21.7 Å². The van der Waals surface area contributed by atoms with Gasteiger partial charge in [0.05, 0.1) is 11.7 Å². The van der Waals surface area contributed by atoms with E-state index in [1.54, 1.807) is 26.1 Å². The largest absolute Gasteiger partial charge is 0.507 e. The van der Waals surface area contributed by atoms with Crippen LogP contribution in [0, 0.1) is 105 Å². The second kappa shape index (κ2) is 96.6. The SMILES string of the molecule is C.C.C.C.C.C.C.C/C=C/COc1cc(C)c(O)c(C)c1.C/C=C/COc1cc(C)c(OC(C)C(C)(C)C)c(C)c1.C/C=C/COc1cc(C)c(OC(C)C(C)(C)C)c(C)c1.C/C=C/COc1cc(C)c(OC(C)C(C)(C)C)c(C)c1.C/C=C/COc1cc(C)c(OC(C)C(C)(C)O)c(C)c1.C/C=C/COc1cc(C)c(OC(C)C(C)(C)S)c(C)c1.CC.CC.CC.CC.CC.CC.CC.CC(O)C(C)(C)C.CC=S. The molecule has 0 amide bonds. The molecule has 0 aliphatic carbocycles. The summed E-state index contributed by atoms with van der Waals surface area (Å²) in [6.07, 6.45) is 23.8. The third kappa shape index (κ3) is 80.4. The number of aryl methyl sites for hydroxylation is 12. The van der Waals surface area contributed by atoms with Gasteiger partial charge in [0, 0.05) is 4.75 Å². The summed E-state index contributed by atoms with van der Waals surface area (Å²) < 4.78 is 64.1. The van der Waals surface area contributed by atoms with Crippen molar-refractivity contribution in [1.82, 2.24) is 0 Å². The van der Waals surface area contributed by atoms with E-state index in [1.165, 1.54) is 0 Å². The molecular weight excluding hydrogens is 1840 g/mol. The molecule has 14 nitrogen and oxygen atoms in total. The number of thiocarbonyl (C=S) groups is 1. The first-order valence-corrected chi connectivity index (χ1v) is 51.9. The lowest BCUT2D eigenvalue weighted by Crippen LogP contribution is -2.38. The number of rotatable bonds is 30. The van der Waals surface area contributed by atoms with Crippen LogP contribution >= 0.6 is 24.8 Å². The number of ether oxygens (including phenoxy) is 11. The average Bonchev–Trinajstić information content (AvgIpc) is 0.850. The fourth-order valence-corrected chi connectivity index (χ4v) is 10.1. The maximum Gasteiger partial charge on any atom is 0.125 e. The van der Waals surface area contributed by atoms with E-state index < -0.39 is 5.60 Å². The summed E-state index contributed by atoms with van der Waals surface area (Å²) in [5, 5.41) is 30.0. The average molecular weight is 2080 g/mol. The normalized spacial score (nSPS) is 11.6. The number of aliphatic hydroxyl groups excluding tert-OH is 1. The van der Waals surface area contributed by atoms with Crippen LogP contribution in [0.15, 0.2) is 146 Å². The van der Waals surface area contributed by atoms with Crippen LogP contribution in [-0.4, -0.2) is 107 Å². The van der Waals surface area contributed by atoms with Crippen molar-refractivity contribution >= 4 is 30.2 Å². The summed E-state index contributed by atoms with van der Waals surface area (Å²) in [6, 6.07) is 23.9. The number of phenolic OH excluding ortho intramolecular Hbond substituents is 1. The van der Waals surface area contributed by atoms with Crippen LogP contribution in [0.4, 0.5) is 0 Å². The minimum Gasteiger partial charge on any atom is -0.507 e. The highest BCUT2D eigenvalue weighted by Crippen LogP contribution is 2.39. The molecule has 852 valence electrons. The minimum atomic E-state index is -0.875. The van der Waals surface area contributed by atoms with E-state index in [4.69, 9.17) is 57.2 Å². The first-order valence-electron chi connectivity index (χ1n) is 50.9. The first kappa shape index (κ1) is 173. The van der Waals surface area contributed by atoms with Crippen molar-refractivity contribution in [3.05, 3.63) is 212 Å². The molecule has 6 rings (SSSR count). The topological polar surface area (TPSA) is 162 Å². The summed E-state index contributed by atoms with van der Waals surface area (Å²) in [4.78, 5) is 0. The summed E-state index contributed by atoms with van der Waals surface area (Å²) >= 11 is 8.84. The monoisotopic (exact) mass is 2080 g/mol. The van der Waals surface area contributed by atoms with Crippen molar-refractivity contribution in [1.29, 1.82) is 0 Å². The lowest BCUT2D eigenvalue weighted by molar-refractivity contribution is -0.0246. The fraction of sp³-hybridized carbons (Fsp3) is 0.620. The second-order valence-corrected chi connectivity index (χ2v) is 38.7. The molecule has 6 unspecified atom stereocenters. The molecule has 0 fully saturated rings. The van der Waals surface area contributed by atoms with Crippen LogP contribution in [0.2, 0.25) is 0 Å². The number of phenols is 1. The van der Waals surface area contributed by atoms with E-state index in [0.717, 1.165) is 130 Å². The van der Waals surface area contributed by atoms with E-state index in [0.29, 0.717) is 45.4 Å². The Morgan fingerprint density at radius 1 is 0.262 bits per heavy atom. The molecular formula is C129H240O14S2. The Morgan fingerprint density at radius 3 is 0.497 bits per heavy atom. The molecule has 145 heavy (non-hydrogen) atoms. The van der Waals surface area contributed by atoms with Gasteiger partial charge in [0.1, 0.15) is 139 Å². The van der Waals surface area contributed by atoms with Gasteiger partial charge < -0.3 is 67.4 Å². The smallest absolute Gasteiger partial charge is 0.125 e. The standard InChI is InChI=1S/3C18H28O2.C17H26O3.C17H26O2S.C12H16O2.C6H14O.C2H4S.7C2H6.7CH4/c3*1-8-9-10-19-16-11-13(2)17(14(3)12-16)20-15(4)18(5,6)7;1-7-8-9-19-15-10-12(2)16(13(3)11-15)20-14(4)17(5,6)18;1-7-8-9-18-15-10-12(2)16(13(3)11-15)19-14(4)17(5,6)20;1-4-5-6-14-11-7-9(2)12(13)10(3)8-11;1-5(7)6(2,3)4;1-2-3;7*1-2;;;;;;;/h3*8-9,11-12,15H,10H2,1-7H3;7-8,10-11,14,18H,9H2,1-6H3;7-8,10-11,14,20H,9H2,1-6H3;4-5,7-8,13H,6H2,1-3H3;5,7H,1-4H3;2H,1H3;7*1-2H3;7*1H4/b3*9-8+;2*8-7+;5-4+;;;;;;;;;;;;;;;;. The molecule has 16 heteroatoms. The van der Waals surface area contributed by atoms with Gasteiger partial charge in [-0.05, 0) is 367 Å². The molecule has 0 radical (unpaired) electrons. The van der Waals surface area contributed by atoms with Gasteiger partial charge in [-0.25, -0.2) is 0 Å². The quantitative estimate of drug-likeness (QED) is 0.0191. The number of hydrogen-bond donors (Lipinski definition) is 4. The van der Waals surface area contributed by atoms with Crippen molar-refractivity contribution in [3.8, 4) is 69.0 Å². The Balaban J connectivity index is -0.0000000934. The number of aliphatic hydroxyl groups is 2. The van der Waals surface area contributed by atoms with E-state index >= 15 is 0 Å². The second-order valence-electron chi connectivity index (χ2n) is 37.1. The van der Waals surface area contributed by atoms with Crippen LogP contribution in [0.5, 0.6) is 69.0 Å². The summed E-state index contributed by atoms with van der Waals surface area (Å²) in [6.45, 7) is 115. The Labute approximate surface area is 914 Å². The van der Waals surface area contributed by atoms with E-state index in [-0.39, 0.29) is 115 Å². The van der Waals surface area contributed by atoms with Crippen molar-refractivity contribution < 1.29 is 67.4 Å². The zero-order valence-electron chi connectivity index (χ0n) is 98.8. The Kier molecular flexibility index (Phi) is 115. The maximum absolute atomic E-state index is 9.97. The number of aromatic hydroxyl groups is 1. The summed E-state index contributed by atoms with van der Waals surface area (Å²) in [5.74, 6) is 10.2. The van der Waals surface area contributed by atoms with Crippen molar-refractivity contribution in [2.75, 3.05) is 39.6 Å². The molecule has 0 aliphatic heterocycles. The molecule has 6 atom stereocenters. The molecule has 0 aromatic heterocycles. The van der Waals surface area contributed by atoms with Crippen LogP contribution in [0.3, 0.4) is 0 Å². The molecule has 0 heterocycles. The van der Waals surface area contributed by atoms with E-state index in [2.05, 4.69) is 163 Å². The van der Waals surface area contributed by atoms with Gasteiger partial charge in [0.15, 0.2) is 0 Å². The molecule has 0 spiro atoms. The Morgan fingerprint density at radius 2 is 0.386 bits per heavy atom. The van der Waals surface area contributed by atoms with Gasteiger partial charge >= 0.3 is 0 Å². The van der Waals surface area contributed by atoms with E-state index in [9.17, 15) is 10.2 Å². The lowest BCUT2D eigenvalue weighted by atomic mass is 9.90. The number of benzene rings is 6. The molecule has 0 bridgehead atoms. The Hall–Kier alpha value is -8.28. The van der Waals surface area contributed by atoms with Crippen molar-refractivity contribution in [2.45, 2.75) is 480 Å². The van der Waals surface area contributed by atoms with Gasteiger partial charge in [-0.3, -0.25) is 0 Å². The van der Waals surface area contributed by atoms with Gasteiger partial charge in [0.2, 0.25) is 0 Å². The molecule has 0 saturated heterocycles. The number of allylic oxidation sites excluding steroid dienone is 6. The molecule has 0 aliphatic rings. The third-order valence-corrected chi connectivity index (χ3v) is 20.9. The van der Waals surface area contributed by atoms with Crippen LogP contribution in [-0.2, 0) is 0 Å². The minimum absolute atomic E-state index is 0. The highest BCUT2D eigenvalue weighted by molar-refractivity contribution is 7.81. The third-order valence-electron chi connectivity index (χ3n) is 20.5. The van der Waals surface area contributed by atoms with Gasteiger partial charge in [-0.2, -0.15) is 12.6 Å². The molecule has 0 saturated carbocycles. The van der Waals surface area contributed by atoms with E-state index in [1.807, 2.05) is 367 Å². The van der Waals surface area contributed by atoms with Crippen LogP contribution in [0.25, 0.3) is 0 Å². The lowest BCUT2D eigenvalue weighted by Gasteiger charge is -2.29. The zero-order valence-corrected chi connectivity index (χ0v) is 101. The first-order chi connectivity index (χ1) is 64.3. The van der Waals surface area contributed by atoms with Gasteiger partial charge in [-0.15, -0.1) is 0 Å². The molecule has 3 N–H and O–H groups in total. The van der Waals surface area contributed by atoms with Gasteiger partial charge in [0.25, 0.3) is 0 Å². The molecule has 6 aromatic carbocycles. The molecule has 6 aromatic rings. The highest BCUT2D eigenvalue weighted by Gasteiger charge is 2.29. The van der Waals surface area contributed by atoms with Crippen LogP contribution in [0.1, 0.15) is 416 Å². The highest BCUT2D eigenvalue weighted by atomic mass is 32.1. The predicted molar refractivity (Wildman–Crippen MR) is 664 cm³/mol. The van der Waals surface area contributed by atoms with Gasteiger partial charge in [-0.1, -0.05) is 317 Å². The zero-order chi connectivity index (χ0) is 110. The number of hydrogen-bond acceptors (Lipinski definition) is 16. The summed E-state index contributed by atoms with van der Waals surface area (Å²) in [5.41, 5.74) is 12.2. The Bertz CT molecular complexity index is 3590. The number of thiol groups is 1. The van der Waals surface area contributed by atoms with Crippen molar-refractivity contribution in [3.63, 3.8) is 0 Å². The fourth-order valence-electron chi connectivity index (χ4n) is 10.0.